The Balaban J connectivity index is 1.43. The SMILES string of the molecule is O=C1Nc2ccccc2N(C(=O)CCCCCN2CCOCC2)c2ccccc21. The van der Waals surface area contributed by atoms with Crippen molar-refractivity contribution >= 4 is 28.9 Å². The summed E-state index contributed by atoms with van der Waals surface area (Å²) >= 11 is 0. The molecular weight excluding hydrogens is 366 g/mol. The molecule has 4 rings (SSSR count). The van der Waals surface area contributed by atoms with Crippen LogP contribution in [-0.2, 0) is 9.53 Å². The van der Waals surface area contributed by atoms with E-state index in [1.54, 1.807) is 11.0 Å². The van der Waals surface area contributed by atoms with Crippen LogP contribution in [0.2, 0.25) is 0 Å². The molecule has 29 heavy (non-hydrogen) atoms. The van der Waals surface area contributed by atoms with Crippen LogP contribution in [0.4, 0.5) is 17.1 Å². The number of nitrogens with one attached hydrogen (secondary N) is 1. The monoisotopic (exact) mass is 393 g/mol. The van der Waals surface area contributed by atoms with E-state index in [1.165, 1.54) is 0 Å². The molecule has 1 fully saturated rings. The highest BCUT2D eigenvalue weighted by Gasteiger charge is 2.28. The number of carbonyl (C=O) groups excluding carboxylic acids is 2. The summed E-state index contributed by atoms with van der Waals surface area (Å²) in [6, 6.07) is 14.8. The third kappa shape index (κ3) is 4.49. The lowest BCUT2D eigenvalue weighted by atomic mass is 10.1. The summed E-state index contributed by atoms with van der Waals surface area (Å²) in [5, 5.41) is 2.93. The van der Waals surface area contributed by atoms with Crippen molar-refractivity contribution in [3.63, 3.8) is 0 Å². The molecule has 1 N–H and O–H groups in total. The lowest BCUT2D eigenvalue weighted by molar-refractivity contribution is -0.118. The second-order valence-electron chi connectivity index (χ2n) is 7.48. The first kappa shape index (κ1) is 19.6. The average Bonchev–Trinajstić information content (AvgIpc) is 2.88. The molecule has 0 bridgehead atoms. The smallest absolute Gasteiger partial charge is 0.257 e. The summed E-state index contributed by atoms with van der Waals surface area (Å²) in [5.74, 6) is -0.165. The van der Waals surface area contributed by atoms with Gasteiger partial charge < -0.3 is 10.1 Å². The third-order valence-corrected chi connectivity index (χ3v) is 5.50. The number of unbranched alkanes of at least 4 members (excludes halogenated alkanes) is 2. The molecule has 152 valence electrons. The molecule has 0 aromatic heterocycles. The Kier molecular flexibility index (Phi) is 6.22. The third-order valence-electron chi connectivity index (χ3n) is 5.50. The van der Waals surface area contributed by atoms with Gasteiger partial charge in [0.1, 0.15) is 0 Å². The molecule has 2 heterocycles. The molecule has 2 aliphatic heterocycles. The second-order valence-corrected chi connectivity index (χ2v) is 7.48. The van der Waals surface area contributed by atoms with Gasteiger partial charge in [0.2, 0.25) is 5.91 Å². The van der Waals surface area contributed by atoms with Crippen molar-refractivity contribution in [2.45, 2.75) is 25.7 Å². The quantitative estimate of drug-likeness (QED) is 0.758. The minimum Gasteiger partial charge on any atom is -0.379 e. The van der Waals surface area contributed by atoms with Crippen molar-refractivity contribution in [3.05, 3.63) is 54.1 Å². The van der Waals surface area contributed by atoms with E-state index in [9.17, 15) is 9.59 Å². The van der Waals surface area contributed by atoms with Crippen LogP contribution in [0.5, 0.6) is 0 Å². The normalized spacial score (nSPS) is 16.6. The van der Waals surface area contributed by atoms with Crippen LogP contribution in [0.25, 0.3) is 0 Å². The number of fused-ring (bicyclic) bond motifs is 2. The number of morpholine rings is 1. The Morgan fingerprint density at radius 3 is 2.48 bits per heavy atom. The van der Waals surface area contributed by atoms with Gasteiger partial charge in [-0.2, -0.15) is 0 Å². The molecule has 0 aliphatic carbocycles. The molecule has 0 spiro atoms. The molecule has 2 aliphatic rings. The van der Waals surface area contributed by atoms with E-state index in [4.69, 9.17) is 4.74 Å². The van der Waals surface area contributed by atoms with Crippen LogP contribution in [0.15, 0.2) is 48.5 Å². The zero-order valence-electron chi connectivity index (χ0n) is 16.6. The number of benzene rings is 2. The van der Waals surface area contributed by atoms with Crippen molar-refractivity contribution in [1.29, 1.82) is 0 Å². The van der Waals surface area contributed by atoms with Crippen LogP contribution >= 0.6 is 0 Å². The Hall–Kier alpha value is -2.70. The maximum Gasteiger partial charge on any atom is 0.257 e. The first-order chi connectivity index (χ1) is 14.2. The van der Waals surface area contributed by atoms with E-state index in [1.807, 2.05) is 42.5 Å². The summed E-state index contributed by atoms with van der Waals surface area (Å²) in [4.78, 5) is 30.0. The summed E-state index contributed by atoms with van der Waals surface area (Å²) in [5.41, 5.74) is 2.55. The maximum absolute atomic E-state index is 13.2. The van der Waals surface area contributed by atoms with Crippen LogP contribution < -0.4 is 10.2 Å². The number of hydrogen-bond acceptors (Lipinski definition) is 4. The molecule has 1 saturated heterocycles. The number of anilines is 3. The highest BCUT2D eigenvalue weighted by atomic mass is 16.5. The number of amides is 2. The fraction of sp³-hybridized carbons (Fsp3) is 0.391. The standard InChI is InChI=1S/C23H27N3O3/c27-22(12-2-1-7-13-25-14-16-29-17-15-25)26-20-10-5-3-8-18(20)23(28)24-19-9-4-6-11-21(19)26/h3-6,8-11H,1-2,7,12-17H2,(H,24,28). The molecule has 2 aromatic carbocycles. The van der Waals surface area contributed by atoms with Crippen molar-refractivity contribution in [2.24, 2.45) is 0 Å². The highest BCUT2D eigenvalue weighted by Crippen LogP contribution is 2.38. The zero-order chi connectivity index (χ0) is 20.1. The molecule has 0 unspecified atom stereocenters. The summed E-state index contributed by atoms with van der Waals surface area (Å²) in [7, 11) is 0. The number of nitrogens with zero attached hydrogens (tertiary/aromatic N) is 2. The van der Waals surface area contributed by atoms with Gasteiger partial charge in [-0.15, -0.1) is 0 Å². The van der Waals surface area contributed by atoms with Crippen molar-refractivity contribution in [2.75, 3.05) is 43.1 Å². The molecule has 2 amide bonds. The van der Waals surface area contributed by atoms with Crippen molar-refractivity contribution in [3.8, 4) is 0 Å². The number of carbonyl (C=O) groups is 2. The second kappa shape index (κ2) is 9.20. The molecule has 2 aromatic rings. The van der Waals surface area contributed by atoms with Gasteiger partial charge in [0.25, 0.3) is 5.91 Å². The van der Waals surface area contributed by atoms with Gasteiger partial charge in [0, 0.05) is 19.5 Å². The number of ether oxygens (including phenoxy) is 1. The zero-order valence-corrected chi connectivity index (χ0v) is 16.6. The summed E-state index contributed by atoms with van der Waals surface area (Å²) < 4.78 is 5.38. The number of rotatable bonds is 6. The largest absolute Gasteiger partial charge is 0.379 e. The molecule has 6 nitrogen and oxygen atoms in total. The molecule has 0 atom stereocenters. The van der Waals surface area contributed by atoms with E-state index in [0.29, 0.717) is 23.4 Å². The molecule has 0 radical (unpaired) electrons. The van der Waals surface area contributed by atoms with Crippen LogP contribution in [-0.4, -0.2) is 49.6 Å². The van der Waals surface area contributed by atoms with Crippen LogP contribution in [0.3, 0.4) is 0 Å². The Morgan fingerprint density at radius 2 is 1.66 bits per heavy atom. The minimum absolute atomic E-state index is 0.0211. The van der Waals surface area contributed by atoms with E-state index in [0.717, 1.165) is 57.8 Å². The van der Waals surface area contributed by atoms with E-state index >= 15 is 0 Å². The van der Waals surface area contributed by atoms with Gasteiger partial charge in [-0.25, -0.2) is 0 Å². The highest BCUT2D eigenvalue weighted by molar-refractivity contribution is 6.17. The molecule has 0 saturated carbocycles. The van der Waals surface area contributed by atoms with Gasteiger partial charge >= 0.3 is 0 Å². The Labute approximate surface area is 171 Å². The fourth-order valence-electron chi connectivity index (χ4n) is 3.95. The predicted molar refractivity (Wildman–Crippen MR) is 114 cm³/mol. The summed E-state index contributed by atoms with van der Waals surface area (Å²) in [6.07, 6.45) is 3.39. The molecule has 6 heteroatoms. The van der Waals surface area contributed by atoms with Crippen LogP contribution in [0.1, 0.15) is 36.0 Å². The van der Waals surface area contributed by atoms with Crippen molar-refractivity contribution < 1.29 is 14.3 Å². The first-order valence-electron chi connectivity index (χ1n) is 10.4. The average molecular weight is 393 g/mol. The van der Waals surface area contributed by atoms with E-state index < -0.39 is 0 Å². The summed E-state index contributed by atoms with van der Waals surface area (Å²) in [6.45, 7) is 4.70. The Bertz CT molecular complexity index is 877. The fourth-order valence-corrected chi connectivity index (χ4v) is 3.95. The minimum atomic E-state index is -0.186. The van der Waals surface area contributed by atoms with E-state index in [-0.39, 0.29) is 11.8 Å². The van der Waals surface area contributed by atoms with Crippen molar-refractivity contribution in [1.82, 2.24) is 4.90 Å². The topological polar surface area (TPSA) is 61.9 Å². The van der Waals surface area contributed by atoms with Crippen LogP contribution in [0, 0.1) is 0 Å². The van der Waals surface area contributed by atoms with Gasteiger partial charge in [0.15, 0.2) is 0 Å². The Morgan fingerprint density at radius 1 is 0.931 bits per heavy atom. The lowest BCUT2D eigenvalue weighted by Crippen LogP contribution is -2.36. The molecular formula is C23H27N3O3. The lowest BCUT2D eigenvalue weighted by Gasteiger charge is -2.26. The first-order valence-corrected chi connectivity index (χ1v) is 10.4. The van der Waals surface area contributed by atoms with Gasteiger partial charge in [-0.1, -0.05) is 30.7 Å². The van der Waals surface area contributed by atoms with Gasteiger partial charge in [-0.05, 0) is 43.7 Å². The predicted octanol–water partition coefficient (Wildman–Crippen LogP) is 3.81. The maximum atomic E-state index is 13.2. The number of hydrogen-bond donors (Lipinski definition) is 1. The van der Waals surface area contributed by atoms with Gasteiger partial charge in [0.05, 0.1) is 35.8 Å². The van der Waals surface area contributed by atoms with E-state index in [2.05, 4.69) is 10.2 Å². The van der Waals surface area contributed by atoms with Gasteiger partial charge in [-0.3, -0.25) is 19.4 Å². The number of para-hydroxylation sites is 3.